The van der Waals surface area contributed by atoms with E-state index in [1.54, 1.807) is 0 Å². The van der Waals surface area contributed by atoms with Gasteiger partial charge in [0.15, 0.2) is 0 Å². The number of nitrogens with one attached hydrogen (secondary N) is 1. The van der Waals surface area contributed by atoms with Crippen molar-refractivity contribution >= 4 is 23.2 Å². The Morgan fingerprint density at radius 2 is 1.94 bits per heavy atom. The molecule has 0 saturated heterocycles. The zero-order chi connectivity index (χ0) is 12.8. The van der Waals surface area contributed by atoms with E-state index in [0.717, 1.165) is 35.0 Å². The molecule has 0 aromatic heterocycles. The van der Waals surface area contributed by atoms with Crippen LogP contribution in [0, 0.1) is 5.92 Å². The lowest BCUT2D eigenvalue weighted by Gasteiger charge is -2.18. The van der Waals surface area contributed by atoms with Crippen molar-refractivity contribution in [3.63, 3.8) is 0 Å². The summed E-state index contributed by atoms with van der Waals surface area (Å²) in [5.74, 6) is 0.597. The molecular formula is C14H21Cl2N. The average Bonchev–Trinajstić information content (AvgIpc) is 2.23. The third-order valence-electron chi connectivity index (χ3n) is 2.88. The van der Waals surface area contributed by atoms with Crippen molar-refractivity contribution < 1.29 is 0 Å². The van der Waals surface area contributed by atoms with Crippen LogP contribution in [0.2, 0.25) is 10.0 Å². The fraction of sp³-hybridized carbons (Fsp3) is 0.571. The molecule has 0 aliphatic carbocycles. The van der Waals surface area contributed by atoms with Crippen LogP contribution < -0.4 is 5.32 Å². The van der Waals surface area contributed by atoms with Gasteiger partial charge in [-0.2, -0.15) is 0 Å². The predicted molar refractivity (Wildman–Crippen MR) is 77.1 cm³/mol. The lowest BCUT2D eigenvalue weighted by Crippen LogP contribution is -2.27. The maximum atomic E-state index is 6.16. The highest BCUT2D eigenvalue weighted by Crippen LogP contribution is 2.24. The first kappa shape index (κ1) is 14.8. The second-order valence-electron chi connectivity index (χ2n) is 4.74. The Balaban J connectivity index is 2.55. The van der Waals surface area contributed by atoms with Crippen LogP contribution in [-0.2, 0) is 6.42 Å². The van der Waals surface area contributed by atoms with Crippen LogP contribution in [0.1, 0.15) is 32.8 Å². The Bertz CT molecular complexity index is 352. The van der Waals surface area contributed by atoms with Crippen molar-refractivity contribution in [2.45, 2.75) is 39.7 Å². The molecule has 96 valence electrons. The molecule has 3 heteroatoms. The standard InChI is InChI=1S/C14H21Cl2N/c1-4-17-11(3)7-10(2)8-12-9-13(15)5-6-14(12)16/h5-6,9-11,17H,4,7-8H2,1-3H3. The van der Waals surface area contributed by atoms with Gasteiger partial charge >= 0.3 is 0 Å². The second kappa shape index (κ2) is 7.25. The van der Waals surface area contributed by atoms with Crippen LogP contribution in [-0.4, -0.2) is 12.6 Å². The van der Waals surface area contributed by atoms with Crippen LogP contribution in [0.5, 0.6) is 0 Å². The Morgan fingerprint density at radius 1 is 1.24 bits per heavy atom. The van der Waals surface area contributed by atoms with Crippen LogP contribution in [0.3, 0.4) is 0 Å². The summed E-state index contributed by atoms with van der Waals surface area (Å²) in [6.07, 6.45) is 2.13. The van der Waals surface area contributed by atoms with E-state index in [1.165, 1.54) is 0 Å². The molecule has 0 spiro atoms. The fourth-order valence-corrected chi connectivity index (χ4v) is 2.58. The predicted octanol–water partition coefficient (Wildman–Crippen LogP) is 4.56. The molecule has 0 aliphatic heterocycles. The van der Waals surface area contributed by atoms with E-state index in [-0.39, 0.29) is 0 Å². The highest BCUT2D eigenvalue weighted by Gasteiger charge is 2.11. The monoisotopic (exact) mass is 273 g/mol. The molecule has 1 nitrogen and oxygen atoms in total. The first-order valence-electron chi connectivity index (χ1n) is 6.20. The summed E-state index contributed by atoms with van der Waals surface area (Å²) < 4.78 is 0. The number of rotatable bonds is 6. The van der Waals surface area contributed by atoms with Gasteiger partial charge in [-0.25, -0.2) is 0 Å². The lowest BCUT2D eigenvalue weighted by molar-refractivity contribution is 0.426. The van der Waals surface area contributed by atoms with Gasteiger partial charge in [0.2, 0.25) is 0 Å². The van der Waals surface area contributed by atoms with Gasteiger partial charge in [0, 0.05) is 16.1 Å². The van der Waals surface area contributed by atoms with E-state index in [0.29, 0.717) is 12.0 Å². The van der Waals surface area contributed by atoms with Gasteiger partial charge < -0.3 is 5.32 Å². The molecule has 0 fully saturated rings. The molecule has 2 unspecified atom stereocenters. The zero-order valence-corrected chi connectivity index (χ0v) is 12.3. The Hall–Kier alpha value is -0.240. The molecule has 17 heavy (non-hydrogen) atoms. The van der Waals surface area contributed by atoms with Crippen molar-refractivity contribution in [3.05, 3.63) is 33.8 Å². The van der Waals surface area contributed by atoms with E-state index in [2.05, 4.69) is 26.1 Å². The highest BCUT2D eigenvalue weighted by atomic mass is 35.5. The molecule has 1 rings (SSSR count). The molecule has 1 aromatic carbocycles. The van der Waals surface area contributed by atoms with Gasteiger partial charge in [0.05, 0.1) is 0 Å². The molecule has 1 N–H and O–H groups in total. The van der Waals surface area contributed by atoms with Gasteiger partial charge in [-0.1, -0.05) is 37.0 Å². The molecule has 0 amide bonds. The summed E-state index contributed by atoms with van der Waals surface area (Å²) in [7, 11) is 0. The molecule has 0 bridgehead atoms. The topological polar surface area (TPSA) is 12.0 Å². The summed E-state index contributed by atoms with van der Waals surface area (Å²) in [5, 5.41) is 5.01. The summed E-state index contributed by atoms with van der Waals surface area (Å²) in [4.78, 5) is 0. The van der Waals surface area contributed by atoms with Crippen LogP contribution in [0.15, 0.2) is 18.2 Å². The third kappa shape index (κ3) is 5.29. The minimum absolute atomic E-state index is 0.549. The van der Waals surface area contributed by atoms with Crippen molar-refractivity contribution in [1.29, 1.82) is 0 Å². The van der Waals surface area contributed by atoms with E-state index in [4.69, 9.17) is 23.2 Å². The van der Waals surface area contributed by atoms with Gasteiger partial charge in [-0.15, -0.1) is 0 Å². The minimum Gasteiger partial charge on any atom is -0.315 e. The molecule has 1 aromatic rings. The molecule has 2 atom stereocenters. The quantitative estimate of drug-likeness (QED) is 0.801. The summed E-state index contributed by atoms with van der Waals surface area (Å²) in [5.41, 5.74) is 1.15. The van der Waals surface area contributed by atoms with E-state index in [1.807, 2.05) is 18.2 Å². The Kier molecular flexibility index (Phi) is 6.32. The largest absolute Gasteiger partial charge is 0.315 e. The van der Waals surface area contributed by atoms with Gasteiger partial charge in [0.1, 0.15) is 0 Å². The first-order valence-corrected chi connectivity index (χ1v) is 6.95. The zero-order valence-electron chi connectivity index (χ0n) is 10.8. The number of halogens is 2. The molecule has 0 saturated carbocycles. The van der Waals surface area contributed by atoms with Crippen LogP contribution >= 0.6 is 23.2 Å². The van der Waals surface area contributed by atoms with E-state index < -0.39 is 0 Å². The normalized spacial score (nSPS) is 14.6. The second-order valence-corrected chi connectivity index (χ2v) is 5.58. The number of hydrogen-bond acceptors (Lipinski definition) is 1. The Morgan fingerprint density at radius 3 is 2.59 bits per heavy atom. The summed E-state index contributed by atoms with van der Waals surface area (Å²) in [6.45, 7) is 7.63. The smallest absolute Gasteiger partial charge is 0.0439 e. The van der Waals surface area contributed by atoms with Gasteiger partial charge in [-0.3, -0.25) is 0 Å². The SMILES string of the molecule is CCNC(C)CC(C)Cc1cc(Cl)ccc1Cl. The average molecular weight is 274 g/mol. The summed E-state index contributed by atoms with van der Waals surface area (Å²) in [6, 6.07) is 6.23. The number of hydrogen-bond donors (Lipinski definition) is 1. The summed E-state index contributed by atoms with van der Waals surface area (Å²) >= 11 is 12.1. The Labute approximate surface area is 115 Å². The van der Waals surface area contributed by atoms with Crippen LogP contribution in [0.25, 0.3) is 0 Å². The molecular weight excluding hydrogens is 253 g/mol. The van der Waals surface area contributed by atoms with Gasteiger partial charge in [0.25, 0.3) is 0 Å². The highest BCUT2D eigenvalue weighted by molar-refractivity contribution is 6.33. The van der Waals surface area contributed by atoms with Gasteiger partial charge in [-0.05, 0) is 56.0 Å². The lowest BCUT2D eigenvalue weighted by atomic mass is 9.95. The van der Waals surface area contributed by atoms with Crippen molar-refractivity contribution in [2.75, 3.05) is 6.54 Å². The van der Waals surface area contributed by atoms with Crippen molar-refractivity contribution in [1.82, 2.24) is 5.32 Å². The maximum Gasteiger partial charge on any atom is 0.0439 e. The van der Waals surface area contributed by atoms with E-state index >= 15 is 0 Å². The van der Waals surface area contributed by atoms with Crippen molar-refractivity contribution in [2.24, 2.45) is 5.92 Å². The first-order chi connectivity index (χ1) is 8.02. The molecule has 0 radical (unpaired) electrons. The fourth-order valence-electron chi connectivity index (χ4n) is 2.19. The number of benzene rings is 1. The van der Waals surface area contributed by atoms with Crippen LogP contribution in [0.4, 0.5) is 0 Å². The van der Waals surface area contributed by atoms with Crippen molar-refractivity contribution in [3.8, 4) is 0 Å². The van der Waals surface area contributed by atoms with E-state index in [9.17, 15) is 0 Å². The third-order valence-corrected chi connectivity index (χ3v) is 3.49. The molecule has 0 aliphatic rings. The molecule has 0 heterocycles. The minimum atomic E-state index is 0.549. The maximum absolute atomic E-state index is 6.16.